The molecule has 1 aliphatic rings. The Kier molecular flexibility index (Phi) is 16.1. The maximum Gasteiger partial charge on any atom is 0.368 e. The minimum atomic E-state index is -3.68. The molecule has 1 unspecified atom stereocenters. The van der Waals surface area contributed by atoms with Crippen LogP contribution >= 0.6 is 7.67 Å². The van der Waals surface area contributed by atoms with Crippen molar-refractivity contribution in [2.75, 3.05) is 19.7 Å². The van der Waals surface area contributed by atoms with Gasteiger partial charge in [0, 0.05) is 25.9 Å². The number of phenols is 1. The summed E-state index contributed by atoms with van der Waals surface area (Å²) in [5.41, 5.74) is 14.8. The monoisotopic (exact) mass is 743 g/mol. The van der Waals surface area contributed by atoms with E-state index in [4.69, 9.17) is 21.4 Å². The zero-order valence-electron chi connectivity index (χ0n) is 30.3. The van der Waals surface area contributed by atoms with Crippen LogP contribution in [0.2, 0.25) is 0 Å². The molecule has 0 aromatic heterocycles. The molecule has 0 radical (unpaired) electrons. The Balaban J connectivity index is 1.97. The smallest absolute Gasteiger partial charge is 0.368 e. The largest absolute Gasteiger partial charge is 0.508 e. The van der Waals surface area contributed by atoms with Crippen LogP contribution in [0.4, 0.5) is 0 Å². The highest BCUT2D eigenvalue weighted by Crippen LogP contribution is 2.36. The van der Waals surface area contributed by atoms with Crippen LogP contribution in [-0.4, -0.2) is 78.6 Å². The van der Waals surface area contributed by atoms with Crippen molar-refractivity contribution < 1.29 is 33.4 Å². The summed E-state index contributed by atoms with van der Waals surface area (Å²) in [6.07, 6.45) is 1.43. The number of aryl methyl sites for hydroxylation is 2. The third-order valence-corrected chi connectivity index (χ3v) is 10.7. The average molecular weight is 744 g/mol. The molecule has 16 nitrogen and oxygen atoms in total. The second kappa shape index (κ2) is 19.9. The van der Waals surface area contributed by atoms with Crippen molar-refractivity contribution in [2.24, 2.45) is 17.4 Å². The van der Waals surface area contributed by atoms with Gasteiger partial charge in [0.2, 0.25) is 23.6 Å². The molecule has 0 aliphatic carbocycles. The predicted molar refractivity (Wildman–Crippen MR) is 198 cm³/mol. The number of nitrogens with one attached hydrogen (secondary N) is 7. The van der Waals surface area contributed by atoms with Crippen molar-refractivity contribution in [1.82, 2.24) is 31.4 Å². The van der Waals surface area contributed by atoms with Gasteiger partial charge in [-0.15, -0.1) is 0 Å². The third-order valence-electron chi connectivity index (χ3n) is 8.87. The van der Waals surface area contributed by atoms with Crippen LogP contribution in [0.25, 0.3) is 0 Å². The van der Waals surface area contributed by atoms with Crippen molar-refractivity contribution in [3.05, 3.63) is 64.7 Å². The number of benzene rings is 2. The van der Waals surface area contributed by atoms with Crippen LogP contribution in [-0.2, 0) is 41.1 Å². The molecule has 6 atom stereocenters. The summed E-state index contributed by atoms with van der Waals surface area (Å²) in [6, 6.07) is 7.69. The highest BCUT2D eigenvalue weighted by atomic mass is 31.2. The molecule has 12 N–H and O–H groups in total. The lowest BCUT2D eigenvalue weighted by Gasteiger charge is -2.29. The van der Waals surface area contributed by atoms with Crippen LogP contribution in [0.5, 0.6) is 5.75 Å². The molecule has 2 aromatic rings. The van der Waals surface area contributed by atoms with Gasteiger partial charge >= 0.3 is 7.67 Å². The predicted octanol–water partition coefficient (Wildman–Crippen LogP) is 1.12. The second-order valence-corrected chi connectivity index (χ2v) is 15.0. The molecule has 1 aliphatic heterocycles. The number of phenolic OH excluding ortho intramolecular Hbond substituents is 1. The molecule has 17 heteroatoms. The van der Waals surface area contributed by atoms with E-state index >= 15 is 0 Å². The fourth-order valence-corrected chi connectivity index (χ4v) is 7.43. The molecule has 3 rings (SSSR count). The van der Waals surface area contributed by atoms with Crippen molar-refractivity contribution in [2.45, 2.75) is 90.4 Å². The summed E-state index contributed by atoms with van der Waals surface area (Å²) in [5.74, 6) is -3.38. The quantitative estimate of drug-likeness (QED) is 0.163. The Labute approximate surface area is 305 Å². The summed E-state index contributed by atoms with van der Waals surface area (Å²) >= 11 is 0. The Hall–Kier alpha value is -4.50. The van der Waals surface area contributed by atoms with E-state index in [1.54, 1.807) is 64.1 Å². The Bertz CT molecular complexity index is 1590. The molecule has 4 amide bonds. The van der Waals surface area contributed by atoms with E-state index < -0.39 is 61.4 Å². The zero-order valence-corrected chi connectivity index (χ0v) is 31.2. The van der Waals surface area contributed by atoms with E-state index in [0.29, 0.717) is 30.4 Å². The fourth-order valence-electron chi connectivity index (χ4n) is 6.01. The molecule has 1 heterocycles. The number of carbonyl (C=O) groups is 4. The number of hydrogen-bond acceptors (Lipinski definition) is 9. The normalized spacial score (nSPS) is 24.8. The summed E-state index contributed by atoms with van der Waals surface area (Å²) in [5, 5.41) is 34.9. The van der Waals surface area contributed by atoms with E-state index in [2.05, 4.69) is 31.4 Å². The van der Waals surface area contributed by atoms with Gasteiger partial charge in [0.05, 0.1) is 12.6 Å². The molecule has 0 spiro atoms. The molecule has 1 saturated heterocycles. The molecule has 0 saturated carbocycles. The van der Waals surface area contributed by atoms with E-state index in [9.17, 15) is 28.8 Å². The third kappa shape index (κ3) is 12.9. The van der Waals surface area contributed by atoms with Gasteiger partial charge in [0.15, 0.2) is 5.96 Å². The van der Waals surface area contributed by atoms with Crippen molar-refractivity contribution in [1.29, 1.82) is 5.41 Å². The number of nitrogens with two attached hydrogens (primary N) is 2. The lowest BCUT2D eigenvalue weighted by molar-refractivity contribution is -0.134. The Morgan fingerprint density at radius 3 is 2.35 bits per heavy atom. The van der Waals surface area contributed by atoms with E-state index in [1.807, 2.05) is 6.07 Å². The topological polar surface area (TPSA) is 263 Å². The molecule has 286 valence electrons. The van der Waals surface area contributed by atoms with Gasteiger partial charge in [-0.2, -0.15) is 0 Å². The van der Waals surface area contributed by atoms with Crippen LogP contribution in [0.3, 0.4) is 0 Å². The standard InChI is InChI=1S/C35H54N9O7P/c1-5-51-52(50)40-16-9-11-21(2)30(34(49)41-28(31(37)46)19-24-12-7-6-8-13-24)43-33(48)29(20-26-22(3)17-25(45)18-23(26)4)42-32(47)27(36)14-10-15-39-35(38)44-52/h6-8,12-13,17-18,21,27-30,45H,5,9-11,14-16,19-20,36H2,1-4H3,(H2,37,46)(H,41,49)(H,42,47)(H,43,48)(H4,38,39,40,44,50)/t21-,27+,28-,29-,30-,52?/m0/s1. The number of hydrogen-bond donors (Lipinski definition) is 10. The summed E-state index contributed by atoms with van der Waals surface area (Å²) in [4.78, 5) is 54.0. The number of primary amides is 1. The first-order chi connectivity index (χ1) is 24.6. The van der Waals surface area contributed by atoms with Crippen molar-refractivity contribution >= 4 is 37.3 Å². The van der Waals surface area contributed by atoms with E-state index in [0.717, 1.165) is 11.1 Å². The number of aromatic hydroxyl groups is 1. The van der Waals surface area contributed by atoms with E-state index in [1.165, 1.54) is 0 Å². The van der Waals surface area contributed by atoms with Gasteiger partial charge in [-0.25, -0.2) is 9.65 Å². The van der Waals surface area contributed by atoms with Crippen molar-refractivity contribution in [3.63, 3.8) is 0 Å². The molecule has 0 bridgehead atoms. The maximum absolute atomic E-state index is 14.2. The Morgan fingerprint density at radius 1 is 1.06 bits per heavy atom. The van der Waals surface area contributed by atoms with Gasteiger partial charge in [-0.05, 0) is 86.8 Å². The van der Waals surface area contributed by atoms with Crippen molar-refractivity contribution in [3.8, 4) is 5.75 Å². The molecule has 2 aromatic carbocycles. The Morgan fingerprint density at radius 2 is 1.71 bits per heavy atom. The van der Waals surface area contributed by atoms with Crippen LogP contribution in [0.15, 0.2) is 42.5 Å². The molecule has 1 fully saturated rings. The van der Waals surface area contributed by atoms with Crippen LogP contribution in [0.1, 0.15) is 61.8 Å². The van der Waals surface area contributed by atoms with E-state index in [-0.39, 0.29) is 50.7 Å². The van der Waals surface area contributed by atoms with Crippen LogP contribution in [0, 0.1) is 25.2 Å². The lowest BCUT2D eigenvalue weighted by Crippen LogP contribution is -2.59. The van der Waals surface area contributed by atoms with Gasteiger partial charge in [-0.1, -0.05) is 37.3 Å². The summed E-state index contributed by atoms with van der Waals surface area (Å²) in [7, 11) is -3.68. The highest BCUT2D eigenvalue weighted by Gasteiger charge is 2.34. The molecule has 52 heavy (non-hydrogen) atoms. The SMILES string of the molecule is CCOP1(=O)NCCC[C@H](C)[C@@H](C(=O)N[C@@H](Cc2ccccc2)C(N)=O)NC(=O)[C@H](Cc2c(C)cc(O)cc2C)NC(=O)[C@H](N)CCCNC(=N)N1. The fraction of sp³-hybridized carbons (Fsp3) is 0.514. The minimum absolute atomic E-state index is 0.0316. The highest BCUT2D eigenvalue weighted by molar-refractivity contribution is 7.55. The summed E-state index contributed by atoms with van der Waals surface area (Å²) < 4.78 is 18.8. The average Bonchev–Trinajstić information content (AvgIpc) is 3.07. The zero-order chi connectivity index (χ0) is 38.4. The summed E-state index contributed by atoms with van der Waals surface area (Å²) in [6.45, 7) is 7.50. The van der Waals surface area contributed by atoms with Gasteiger partial charge in [-0.3, -0.25) is 29.7 Å². The first-order valence-corrected chi connectivity index (χ1v) is 19.1. The van der Waals surface area contributed by atoms with Crippen LogP contribution < -0.4 is 42.9 Å². The lowest BCUT2D eigenvalue weighted by atomic mass is 9.93. The molecular weight excluding hydrogens is 689 g/mol. The minimum Gasteiger partial charge on any atom is -0.508 e. The number of rotatable bonds is 9. The molecular formula is C35H54N9O7P. The van der Waals surface area contributed by atoms with Gasteiger partial charge in [0.25, 0.3) is 0 Å². The number of guanidine groups is 1. The van der Waals surface area contributed by atoms with Gasteiger partial charge in [0.1, 0.15) is 23.9 Å². The first kappa shape index (κ1) is 41.9. The maximum atomic E-state index is 14.2. The second-order valence-electron chi connectivity index (χ2n) is 13.1. The van der Waals surface area contributed by atoms with Gasteiger partial charge < -0.3 is 42.4 Å². The number of carbonyl (C=O) groups excluding carboxylic acids is 4. The first-order valence-electron chi connectivity index (χ1n) is 17.5. The number of amides is 4.